The van der Waals surface area contributed by atoms with Crippen LogP contribution in [0.25, 0.3) is 0 Å². The van der Waals surface area contributed by atoms with Gasteiger partial charge in [-0.05, 0) is 28.8 Å². The van der Waals surface area contributed by atoms with Crippen molar-refractivity contribution in [1.29, 1.82) is 0 Å². The van der Waals surface area contributed by atoms with Gasteiger partial charge in [0.05, 0.1) is 17.5 Å². The van der Waals surface area contributed by atoms with E-state index < -0.39 is 5.60 Å². The molecule has 5 nitrogen and oxygen atoms in total. The molecule has 0 aliphatic carbocycles. The Morgan fingerprint density at radius 1 is 1.65 bits per heavy atom. The van der Waals surface area contributed by atoms with Crippen molar-refractivity contribution in [1.82, 2.24) is 9.78 Å². The molecule has 0 aromatic carbocycles. The predicted octanol–water partition coefficient (Wildman–Crippen LogP) is 1.36. The SMILES string of the molecule is CC(C)C(C)(O)CNc1cnn(C)c(=O)c1Br. The average molecular weight is 304 g/mol. The number of aromatic nitrogens is 2. The van der Waals surface area contributed by atoms with Crippen LogP contribution in [0.4, 0.5) is 5.69 Å². The van der Waals surface area contributed by atoms with Crippen molar-refractivity contribution in [3.8, 4) is 0 Å². The number of aryl methyl sites for hydroxylation is 1. The highest BCUT2D eigenvalue weighted by Crippen LogP contribution is 2.20. The second kappa shape index (κ2) is 5.18. The Bertz CT molecular complexity index is 455. The zero-order chi connectivity index (χ0) is 13.2. The van der Waals surface area contributed by atoms with Crippen LogP contribution >= 0.6 is 15.9 Å². The fourth-order valence-corrected chi connectivity index (χ4v) is 1.61. The van der Waals surface area contributed by atoms with Crippen LogP contribution in [-0.4, -0.2) is 27.0 Å². The van der Waals surface area contributed by atoms with E-state index in [0.717, 1.165) is 0 Å². The van der Waals surface area contributed by atoms with E-state index in [1.807, 2.05) is 13.8 Å². The lowest BCUT2D eigenvalue weighted by Gasteiger charge is -2.28. The summed E-state index contributed by atoms with van der Waals surface area (Å²) in [5, 5.41) is 17.0. The number of rotatable bonds is 4. The summed E-state index contributed by atoms with van der Waals surface area (Å²) < 4.78 is 1.67. The molecule has 17 heavy (non-hydrogen) atoms. The minimum Gasteiger partial charge on any atom is -0.388 e. The Morgan fingerprint density at radius 3 is 2.76 bits per heavy atom. The normalized spacial score (nSPS) is 14.8. The number of hydrogen-bond donors (Lipinski definition) is 2. The summed E-state index contributed by atoms with van der Waals surface area (Å²) in [5.74, 6) is 0.119. The van der Waals surface area contributed by atoms with E-state index in [0.29, 0.717) is 16.7 Å². The molecule has 0 spiro atoms. The summed E-state index contributed by atoms with van der Waals surface area (Å²) in [6.07, 6.45) is 1.56. The molecule has 0 fully saturated rings. The number of nitrogens with one attached hydrogen (secondary N) is 1. The first-order valence-electron chi connectivity index (χ1n) is 5.43. The van der Waals surface area contributed by atoms with Gasteiger partial charge in [0, 0.05) is 13.6 Å². The molecular formula is C11H18BrN3O2. The molecular weight excluding hydrogens is 286 g/mol. The molecule has 1 aromatic heterocycles. The highest BCUT2D eigenvalue weighted by Gasteiger charge is 2.24. The standard InChI is InChI=1S/C11H18BrN3O2/c1-7(2)11(3,17)6-13-8-5-14-15(4)10(16)9(8)12/h5,7,13,17H,6H2,1-4H3. The zero-order valence-corrected chi connectivity index (χ0v) is 12.1. The second-order valence-corrected chi connectivity index (χ2v) is 5.46. The predicted molar refractivity (Wildman–Crippen MR) is 71.1 cm³/mol. The lowest BCUT2D eigenvalue weighted by molar-refractivity contribution is 0.0266. The van der Waals surface area contributed by atoms with E-state index in [1.54, 1.807) is 20.2 Å². The van der Waals surface area contributed by atoms with Gasteiger partial charge in [0.1, 0.15) is 4.47 Å². The Hall–Kier alpha value is -0.880. The molecule has 1 rings (SSSR count). The number of halogens is 1. The maximum Gasteiger partial charge on any atom is 0.282 e. The van der Waals surface area contributed by atoms with E-state index in [1.165, 1.54) is 4.68 Å². The Kier molecular flexibility index (Phi) is 4.32. The second-order valence-electron chi connectivity index (χ2n) is 4.67. The smallest absolute Gasteiger partial charge is 0.282 e. The molecule has 2 N–H and O–H groups in total. The van der Waals surface area contributed by atoms with Crippen LogP contribution in [0.2, 0.25) is 0 Å². The fourth-order valence-electron chi connectivity index (χ4n) is 1.11. The van der Waals surface area contributed by atoms with E-state index in [2.05, 4.69) is 26.3 Å². The average Bonchev–Trinajstić information content (AvgIpc) is 2.25. The van der Waals surface area contributed by atoms with Crippen LogP contribution in [-0.2, 0) is 7.05 Å². The summed E-state index contributed by atoms with van der Waals surface area (Å²) in [6, 6.07) is 0. The maximum absolute atomic E-state index is 11.6. The van der Waals surface area contributed by atoms with Crippen LogP contribution in [0, 0.1) is 5.92 Å². The molecule has 0 radical (unpaired) electrons. The van der Waals surface area contributed by atoms with Crippen LogP contribution in [0.15, 0.2) is 15.5 Å². The van der Waals surface area contributed by atoms with E-state index in [-0.39, 0.29) is 11.5 Å². The molecule has 96 valence electrons. The largest absolute Gasteiger partial charge is 0.388 e. The van der Waals surface area contributed by atoms with Crippen molar-refractivity contribution >= 4 is 21.6 Å². The summed E-state index contributed by atoms with van der Waals surface area (Å²) in [5.41, 5.74) is -0.450. The van der Waals surface area contributed by atoms with Gasteiger partial charge in [0.15, 0.2) is 0 Å². The molecule has 0 saturated heterocycles. The van der Waals surface area contributed by atoms with E-state index in [4.69, 9.17) is 0 Å². The molecule has 1 unspecified atom stereocenters. The third-order valence-corrected chi connectivity index (χ3v) is 3.73. The fraction of sp³-hybridized carbons (Fsp3) is 0.636. The third kappa shape index (κ3) is 3.29. The molecule has 0 aliphatic rings. The molecule has 0 aliphatic heterocycles. The van der Waals surface area contributed by atoms with Gasteiger partial charge in [-0.15, -0.1) is 0 Å². The lowest BCUT2D eigenvalue weighted by Crippen LogP contribution is -2.39. The third-order valence-electron chi connectivity index (χ3n) is 2.96. The van der Waals surface area contributed by atoms with Gasteiger partial charge >= 0.3 is 0 Å². The van der Waals surface area contributed by atoms with Crippen LogP contribution in [0.3, 0.4) is 0 Å². The van der Waals surface area contributed by atoms with Crippen molar-refractivity contribution < 1.29 is 5.11 Å². The number of aliphatic hydroxyl groups is 1. The van der Waals surface area contributed by atoms with Gasteiger partial charge in [-0.3, -0.25) is 4.79 Å². The molecule has 1 atom stereocenters. The summed E-state index contributed by atoms with van der Waals surface area (Å²) in [6.45, 7) is 6.00. The van der Waals surface area contributed by atoms with Gasteiger partial charge in [-0.2, -0.15) is 5.10 Å². The van der Waals surface area contributed by atoms with E-state index in [9.17, 15) is 9.90 Å². The lowest BCUT2D eigenvalue weighted by atomic mass is 9.92. The van der Waals surface area contributed by atoms with Gasteiger partial charge in [-0.25, -0.2) is 4.68 Å². The van der Waals surface area contributed by atoms with Crippen molar-refractivity contribution in [3.63, 3.8) is 0 Å². The summed E-state index contributed by atoms with van der Waals surface area (Å²) >= 11 is 3.22. The summed E-state index contributed by atoms with van der Waals surface area (Å²) in [4.78, 5) is 11.6. The van der Waals surface area contributed by atoms with Crippen molar-refractivity contribution in [3.05, 3.63) is 21.0 Å². The van der Waals surface area contributed by atoms with Gasteiger partial charge in [-0.1, -0.05) is 13.8 Å². The molecule has 0 amide bonds. The first-order valence-corrected chi connectivity index (χ1v) is 6.23. The zero-order valence-electron chi connectivity index (χ0n) is 10.5. The molecule has 0 bridgehead atoms. The van der Waals surface area contributed by atoms with Gasteiger partial charge in [0.25, 0.3) is 5.56 Å². The number of nitrogens with zero attached hydrogens (tertiary/aromatic N) is 2. The Morgan fingerprint density at radius 2 is 2.24 bits per heavy atom. The monoisotopic (exact) mass is 303 g/mol. The van der Waals surface area contributed by atoms with Crippen molar-refractivity contribution in [2.75, 3.05) is 11.9 Å². The first-order chi connectivity index (χ1) is 7.75. The minimum atomic E-state index is -0.833. The van der Waals surface area contributed by atoms with Crippen molar-refractivity contribution in [2.45, 2.75) is 26.4 Å². The van der Waals surface area contributed by atoms with Crippen LogP contribution < -0.4 is 10.9 Å². The molecule has 1 aromatic rings. The van der Waals surface area contributed by atoms with Crippen LogP contribution in [0.5, 0.6) is 0 Å². The van der Waals surface area contributed by atoms with Gasteiger partial charge in [0.2, 0.25) is 0 Å². The summed E-state index contributed by atoms with van der Waals surface area (Å²) in [7, 11) is 1.58. The highest BCUT2D eigenvalue weighted by atomic mass is 79.9. The minimum absolute atomic E-state index is 0.119. The Balaban J connectivity index is 2.85. The molecule has 6 heteroatoms. The number of anilines is 1. The van der Waals surface area contributed by atoms with Gasteiger partial charge < -0.3 is 10.4 Å². The van der Waals surface area contributed by atoms with E-state index >= 15 is 0 Å². The first kappa shape index (κ1) is 14.2. The van der Waals surface area contributed by atoms with Crippen LogP contribution in [0.1, 0.15) is 20.8 Å². The highest BCUT2D eigenvalue weighted by molar-refractivity contribution is 9.10. The Labute approximate surface area is 109 Å². The molecule has 0 saturated carbocycles. The topological polar surface area (TPSA) is 67.2 Å². The molecule has 1 heterocycles. The number of hydrogen-bond acceptors (Lipinski definition) is 4. The van der Waals surface area contributed by atoms with Crippen molar-refractivity contribution in [2.24, 2.45) is 13.0 Å². The quantitative estimate of drug-likeness (QED) is 0.881. The maximum atomic E-state index is 11.6.